The molecule has 6 nitrogen and oxygen atoms in total. The second-order valence-corrected chi connectivity index (χ2v) is 6.32. The molecule has 1 unspecified atom stereocenters. The molecule has 1 atom stereocenters. The molecular weight excluding hydrogens is 455 g/mol. The molecule has 1 aliphatic rings. The largest absolute Gasteiger partial charge is 0.492 e. The van der Waals surface area contributed by atoms with Crippen LogP contribution in [0.25, 0.3) is 0 Å². The van der Waals surface area contributed by atoms with Gasteiger partial charge in [0.2, 0.25) is 0 Å². The Morgan fingerprint density at radius 1 is 1.15 bits per heavy atom. The van der Waals surface area contributed by atoms with Crippen LogP contribution in [0.15, 0.2) is 58.1 Å². The van der Waals surface area contributed by atoms with Crippen LogP contribution in [0.3, 0.4) is 0 Å². The van der Waals surface area contributed by atoms with E-state index in [1.165, 1.54) is 12.8 Å². The molecule has 148 valence electrons. The summed E-state index contributed by atoms with van der Waals surface area (Å²) in [7, 11) is 1.78. The highest BCUT2D eigenvalue weighted by atomic mass is 127. The maximum Gasteiger partial charge on any atom is 0.191 e. The maximum atomic E-state index is 5.70. The van der Waals surface area contributed by atoms with Crippen LogP contribution < -0.4 is 15.4 Å². The van der Waals surface area contributed by atoms with Crippen molar-refractivity contribution in [1.82, 2.24) is 15.5 Å². The predicted molar refractivity (Wildman–Crippen MR) is 119 cm³/mol. The molecule has 1 aliphatic heterocycles. The topological polar surface area (TPSA) is 62.0 Å². The molecule has 0 aliphatic carbocycles. The normalized spacial score (nSPS) is 15.8. The molecule has 0 bridgehead atoms. The number of likely N-dealkylation sites (tertiary alicyclic amines) is 1. The maximum absolute atomic E-state index is 5.70. The van der Waals surface area contributed by atoms with Gasteiger partial charge in [-0.3, -0.25) is 9.89 Å². The number of para-hydroxylation sites is 1. The molecular formula is C20H29IN4O2. The summed E-state index contributed by atoms with van der Waals surface area (Å²) in [5, 5.41) is 6.71. The Balaban J connectivity index is 0.00000261. The molecule has 1 saturated heterocycles. The fourth-order valence-corrected chi connectivity index (χ4v) is 3.21. The van der Waals surface area contributed by atoms with Crippen molar-refractivity contribution >= 4 is 29.9 Å². The number of furan rings is 1. The average Bonchev–Trinajstić information content (AvgIpc) is 3.39. The van der Waals surface area contributed by atoms with Gasteiger partial charge in [-0.15, -0.1) is 24.0 Å². The third-order valence-corrected chi connectivity index (χ3v) is 4.55. The second kappa shape index (κ2) is 11.9. The van der Waals surface area contributed by atoms with Gasteiger partial charge in [0.25, 0.3) is 0 Å². The van der Waals surface area contributed by atoms with E-state index < -0.39 is 0 Å². The number of guanidine groups is 1. The average molecular weight is 484 g/mol. The first-order valence-corrected chi connectivity index (χ1v) is 9.26. The van der Waals surface area contributed by atoms with Crippen LogP contribution in [0.4, 0.5) is 0 Å². The van der Waals surface area contributed by atoms with Crippen LogP contribution in [-0.2, 0) is 0 Å². The zero-order valence-electron chi connectivity index (χ0n) is 15.8. The number of nitrogens with one attached hydrogen (secondary N) is 2. The van der Waals surface area contributed by atoms with Crippen molar-refractivity contribution < 1.29 is 9.15 Å². The monoisotopic (exact) mass is 484 g/mol. The lowest BCUT2D eigenvalue weighted by Crippen LogP contribution is -2.43. The molecule has 0 amide bonds. The van der Waals surface area contributed by atoms with E-state index in [9.17, 15) is 0 Å². The zero-order valence-corrected chi connectivity index (χ0v) is 18.1. The minimum atomic E-state index is 0. The third kappa shape index (κ3) is 6.73. The first-order valence-electron chi connectivity index (χ1n) is 9.26. The number of rotatable bonds is 8. The molecule has 1 aromatic heterocycles. The lowest BCUT2D eigenvalue weighted by molar-refractivity contribution is 0.215. The van der Waals surface area contributed by atoms with Crippen LogP contribution in [-0.4, -0.2) is 50.7 Å². The van der Waals surface area contributed by atoms with E-state index in [2.05, 4.69) is 26.6 Å². The Labute approximate surface area is 178 Å². The van der Waals surface area contributed by atoms with Crippen LogP contribution in [0.5, 0.6) is 5.75 Å². The van der Waals surface area contributed by atoms with E-state index in [0.29, 0.717) is 13.2 Å². The molecule has 1 fully saturated rings. The van der Waals surface area contributed by atoms with Crippen molar-refractivity contribution in [3.8, 4) is 5.75 Å². The van der Waals surface area contributed by atoms with Gasteiger partial charge in [0.1, 0.15) is 18.1 Å². The minimum Gasteiger partial charge on any atom is -0.492 e. The SMILES string of the molecule is CN=C(NCCOc1ccccc1)NCC(c1ccco1)N1CCCC1.I. The quantitative estimate of drug-likeness (QED) is 0.261. The molecule has 0 radical (unpaired) electrons. The van der Waals surface area contributed by atoms with Crippen LogP contribution in [0.2, 0.25) is 0 Å². The van der Waals surface area contributed by atoms with Crippen molar-refractivity contribution in [3.63, 3.8) is 0 Å². The highest BCUT2D eigenvalue weighted by molar-refractivity contribution is 14.0. The van der Waals surface area contributed by atoms with Gasteiger partial charge in [0.05, 0.1) is 18.8 Å². The highest BCUT2D eigenvalue weighted by Crippen LogP contribution is 2.24. The van der Waals surface area contributed by atoms with E-state index in [0.717, 1.165) is 37.1 Å². The van der Waals surface area contributed by atoms with E-state index in [1.54, 1.807) is 13.3 Å². The van der Waals surface area contributed by atoms with Gasteiger partial charge in [-0.05, 0) is 50.2 Å². The predicted octanol–water partition coefficient (Wildman–Crippen LogP) is 3.28. The Kier molecular flexibility index (Phi) is 9.47. The van der Waals surface area contributed by atoms with E-state index in [4.69, 9.17) is 9.15 Å². The Hall–Kier alpha value is -1.74. The van der Waals surface area contributed by atoms with Gasteiger partial charge >= 0.3 is 0 Å². The summed E-state index contributed by atoms with van der Waals surface area (Å²) in [6, 6.07) is 14.1. The third-order valence-electron chi connectivity index (χ3n) is 4.55. The number of nitrogens with zero attached hydrogens (tertiary/aromatic N) is 2. The van der Waals surface area contributed by atoms with Crippen molar-refractivity contribution in [2.75, 3.05) is 39.8 Å². The lowest BCUT2D eigenvalue weighted by atomic mass is 10.2. The van der Waals surface area contributed by atoms with Gasteiger partial charge in [-0.1, -0.05) is 18.2 Å². The summed E-state index contributed by atoms with van der Waals surface area (Å²) in [5.41, 5.74) is 0. The molecule has 2 N–H and O–H groups in total. The minimum absolute atomic E-state index is 0. The molecule has 2 aromatic rings. The molecule has 0 saturated carbocycles. The zero-order chi connectivity index (χ0) is 18.0. The Morgan fingerprint density at radius 2 is 1.93 bits per heavy atom. The smallest absolute Gasteiger partial charge is 0.191 e. The van der Waals surface area contributed by atoms with E-state index in [-0.39, 0.29) is 30.0 Å². The molecule has 1 aromatic carbocycles. The molecule has 0 spiro atoms. The van der Waals surface area contributed by atoms with Crippen molar-refractivity contribution in [2.45, 2.75) is 18.9 Å². The van der Waals surface area contributed by atoms with Crippen LogP contribution >= 0.6 is 24.0 Å². The summed E-state index contributed by atoms with van der Waals surface area (Å²) in [4.78, 5) is 6.77. The first kappa shape index (κ1) is 21.6. The number of aliphatic imine (C=N–C) groups is 1. The van der Waals surface area contributed by atoms with E-state index in [1.807, 2.05) is 36.4 Å². The van der Waals surface area contributed by atoms with Crippen molar-refractivity contribution in [1.29, 1.82) is 0 Å². The van der Waals surface area contributed by atoms with Crippen LogP contribution in [0.1, 0.15) is 24.6 Å². The highest BCUT2D eigenvalue weighted by Gasteiger charge is 2.25. The number of ether oxygens (including phenoxy) is 1. The molecule has 2 heterocycles. The second-order valence-electron chi connectivity index (χ2n) is 6.32. The Morgan fingerprint density at radius 3 is 2.59 bits per heavy atom. The van der Waals surface area contributed by atoms with Crippen molar-refractivity contribution in [3.05, 3.63) is 54.5 Å². The number of hydrogen-bond donors (Lipinski definition) is 2. The number of benzene rings is 1. The molecule has 3 rings (SSSR count). The van der Waals surface area contributed by atoms with Gasteiger partial charge in [0.15, 0.2) is 5.96 Å². The Bertz CT molecular complexity index is 658. The van der Waals surface area contributed by atoms with Gasteiger partial charge in [-0.25, -0.2) is 0 Å². The fraction of sp³-hybridized carbons (Fsp3) is 0.450. The summed E-state index contributed by atoms with van der Waals surface area (Å²) in [6.45, 7) is 4.25. The van der Waals surface area contributed by atoms with Crippen molar-refractivity contribution in [2.24, 2.45) is 4.99 Å². The summed E-state index contributed by atoms with van der Waals surface area (Å²) in [6.07, 6.45) is 4.24. The molecule has 27 heavy (non-hydrogen) atoms. The van der Waals surface area contributed by atoms with Gasteiger partial charge in [-0.2, -0.15) is 0 Å². The fourth-order valence-electron chi connectivity index (χ4n) is 3.21. The summed E-state index contributed by atoms with van der Waals surface area (Å²) in [5.74, 6) is 2.66. The lowest BCUT2D eigenvalue weighted by Gasteiger charge is -2.26. The van der Waals surface area contributed by atoms with Gasteiger partial charge in [0, 0.05) is 13.6 Å². The number of halogens is 1. The first-order chi connectivity index (χ1) is 12.9. The van der Waals surface area contributed by atoms with Crippen LogP contribution in [0, 0.1) is 0 Å². The summed E-state index contributed by atoms with van der Waals surface area (Å²) < 4.78 is 11.4. The standard InChI is InChI=1S/C20H28N4O2.HI/c1-21-20(22-11-15-25-17-8-3-2-4-9-17)23-16-18(19-10-7-14-26-19)24-12-5-6-13-24;/h2-4,7-10,14,18H,5-6,11-13,15-16H2,1H3,(H2,21,22,23);1H. The summed E-state index contributed by atoms with van der Waals surface area (Å²) >= 11 is 0. The molecule has 7 heteroatoms. The number of hydrogen-bond acceptors (Lipinski definition) is 4. The van der Waals surface area contributed by atoms with E-state index >= 15 is 0 Å². The van der Waals surface area contributed by atoms with Gasteiger partial charge < -0.3 is 19.8 Å².